The number of aromatic hydroxyl groups is 1. The molecule has 3 heteroatoms. The standard InChI is InChI=1S/C9H10N2O/c1-6(2)7-3-9(12)8(4-10)11-5-7/h3,5-6,12H,1-2H3. The molecule has 62 valence electrons. The molecule has 0 saturated heterocycles. The Labute approximate surface area is 71.3 Å². The molecule has 0 amide bonds. The normalized spacial score (nSPS) is 9.83. The van der Waals surface area contributed by atoms with Crippen LogP contribution in [0.5, 0.6) is 5.75 Å². The highest BCUT2D eigenvalue weighted by atomic mass is 16.3. The minimum absolute atomic E-state index is 0.0382. The van der Waals surface area contributed by atoms with Gasteiger partial charge >= 0.3 is 0 Å². The zero-order chi connectivity index (χ0) is 9.14. The highest BCUT2D eigenvalue weighted by Gasteiger charge is 2.05. The van der Waals surface area contributed by atoms with Gasteiger partial charge in [-0.15, -0.1) is 0 Å². The molecule has 0 aromatic carbocycles. The Hall–Kier alpha value is -1.56. The van der Waals surface area contributed by atoms with Crippen LogP contribution in [0.25, 0.3) is 0 Å². The van der Waals surface area contributed by atoms with Crippen LogP contribution in [0.1, 0.15) is 31.0 Å². The molecule has 0 aliphatic heterocycles. The minimum atomic E-state index is -0.0382. The van der Waals surface area contributed by atoms with E-state index in [-0.39, 0.29) is 11.4 Å². The SMILES string of the molecule is CC(C)c1cnc(C#N)c(O)c1. The lowest BCUT2D eigenvalue weighted by Gasteiger charge is -2.04. The summed E-state index contributed by atoms with van der Waals surface area (Å²) in [6, 6.07) is 3.38. The second-order valence-corrected chi connectivity index (χ2v) is 2.90. The Kier molecular flexibility index (Phi) is 2.29. The van der Waals surface area contributed by atoms with Crippen molar-refractivity contribution in [3.63, 3.8) is 0 Å². The van der Waals surface area contributed by atoms with Crippen LogP contribution in [0, 0.1) is 11.3 Å². The second kappa shape index (κ2) is 3.22. The summed E-state index contributed by atoms with van der Waals surface area (Å²) < 4.78 is 0. The van der Waals surface area contributed by atoms with Crippen molar-refractivity contribution in [3.05, 3.63) is 23.5 Å². The van der Waals surface area contributed by atoms with Gasteiger partial charge in [0.05, 0.1) is 0 Å². The number of nitrogens with zero attached hydrogens (tertiary/aromatic N) is 2. The summed E-state index contributed by atoms with van der Waals surface area (Å²) in [5, 5.41) is 17.7. The Morgan fingerprint density at radius 1 is 1.58 bits per heavy atom. The van der Waals surface area contributed by atoms with E-state index in [0.29, 0.717) is 5.92 Å². The lowest BCUT2D eigenvalue weighted by molar-refractivity contribution is 0.469. The minimum Gasteiger partial charge on any atom is -0.505 e. The molecule has 0 aliphatic rings. The highest BCUT2D eigenvalue weighted by molar-refractivity contribution is 5.38. The zero-order valence-corrected chi connectivity index (χ0v) is 7.07. The number of pyridine rings is 1. The molecule has 0 saturated carbocycles. The summed E-state index contributed by atoms with van der Waals surface area (Å²) in [6.07, 6.45) is 1.61. The largest absolute Gasteiger partial charge is 0.505 e. The zero-order valence-electron chi connectivity index (χ0n) is 7.07. The number of rotatable bonds is 1. The van der Waals surface area contributed by atoms with E-state index in [1.54, 1.807) is 18.3 Å². The van der Waals surface area contributed by atoms with Crippen LogP contribution in [0.3, 0.4) is 0 Å². The maximum atomic E-state index is 9.26. The number of hydrogen-bond donors (Lipinski definition) is 1. The molecule has 1 aromatic rings. The number of nitriles is 1. The molecular formula is C9H10N2O. The van der Waals surface area contributed by atoms with Gasteiger partial charge in [0, 0.05) is 6.20 Å². The van der Waals surface area contributed by atoms with Crippen LogP contribution in [0.15, 0.2) is 12.3 Å². The third-order valence-electron chi connectivity index (χ3n) is 1.66. The molecule has 0 fully saturated rings. The van der Waals surface area contributed by atoms with E-state index in [1.807, 2.05) is 13.8 Å². The third-order valence-corrected chi connectivity index (χ3v) is 1.66. The average Bonchev–Trinajstić information content (AvgIpc) is 2.04. The lowest BCUT2D eigenvalue weighted by atomic mass is 10.1. The van der Waals surface area contributed by atoms with Gasteiger partial charge in [-0.2, -0.15) is 5.26 Å². The first kappa shape index (κ1) is 8.54. The first-order valence-electron chi connectivity index (χ1n) is 3.74. The lowest BCUT2D eigenvalue weighted by Crippen LogP contribution is -1.91. The van der Waals surface area contributed by atoms with Crippen LogP contribution in [0.4, 0.5) is 0 Å². The van der Waals surface area contributed by atoms with Crippen molar-refractivity contribution in [3.8, 4) is 11.8 Å². The first-order valence-corrected chi connectivity index (χ1v) is 3.74. The van der Waals surface area contributed by atoms with Crippen LogP contribution >= 0.6 is 0 Å². The summed E-state index contributed by atoms with van der Waals surface area (Å²) in [6.45, 7) is 4.00. The molecule has 1 heterocycles. The number of hydrogen-bond acceptors (Lipinski definition) is 3. The van der Waals surface area contributed by atoms with Gasteiger partial charge in [0.15, 0.2) is 11.4 Å². The van der Waals surface area contributed by atoms with Crippen molar-refractivity contribution in [1.82, 2.24) is 4.98 Å². The van der Waals surface area contributed by atoms with Crippen molar-refractivity contribution < 1.29 is 5.11 Å². The van der Waals surface area contributed by atoms with E-state index in [9.17, 15) is 5.11 Å². The van der Waals surface area contributed by atoms with Crippen molar-refractivity contribution in [2.24, 2.45) is 0 Å². The van der Waals surface area contributed by atoms with Crippen molar-refractivity contribution in [1.29, 1.82) is 5.26 Å². The van der Waals surface area contributed by atoms with Gasteiger partial charge in [-0.1, -0.05) is 13.8 Å². The van der Waals surface area contributed by atoms with E-state index in [0.717, 1.165) is 5.56 Å². The molecule has 0 bridgehead atoms. The van der Waals surface area contributed by atoms with E-state index in [1.165, 1.54) is 0 Å². The summed E-state index contributed by atoms with van der Waals surface area (Å²) in [7, 11) is 0. The maximum absolute atomic E-state index is 9.26. The Morgan fingerprint density at radius 2 is 2.25 bits per heavy atom. The monoisotopic (exact) mass is 162 g/mol. The van der Waals surface area contributed by atoms with E-state index < -0.39 is 0 Å². The molecule has 0 radical (unpaired) electrons. The summed E-state index contributed by atoms with van der Waals surface area (Å²) >= 11 is 0. The topological polar surface area (TPSA) is 56.9 Å². The average molecular weight is 162 g/mol. The van der Waals surface area contributed by atoms with Crippen LogP contribution in [-0.4, -0.2) is 10.1 Å². The van der Waals surface area contributed by atoms with Gasteiger partial charge in [0.2, 0.25) is 0 Å². The Morgan fingerprint density at radius 3 is 2.67 bits per heavy atom. The summed E-state index contributed by atoms with van der Waals surface area (Å²) in [5.41, 5.74) is 1.02. The fourth-order valence-electron chi connectivity index (χ4n) is 0.871. The maximum Gasteiger partial charge on any atom is 0.182 e. The number of aromatic nitrogens is 1. The molecule has 0 aliphatic carbocycles. The molecule has 1 rings (SSSR count). The molecule has 0 unspecified atom stereocenters. The van der Waals surface area contributed by atoms with Gasteiger partial charge in [-0.3, -0.25) is 0 Å². The van der Waals surface area contributed by atoms with Crippen LogP contribution < -0.4 is 0 Å². The molecule has 3 nitrogen and oxygen atoms in total. The first-order chi connectivity index (χ1) is 5.65. The van der Waals surface area contributed by atoms with Crippen molar-refractivity contribution >= 4 is 0 Å². The Bertz CT molecular complexity index is 326. The van der Waals surface area contributed by atoms with Crippen molar-refractivity contribution in [2.45, 2.75) is 19.8 Å². The molecule has 0 atom stereocenters. The smallest absolute Gasteiger partial charge is 0.182 e. The highest BCUT2D eigenvalue weighted by Crippen LogP contribution is 2.20. The second-order valence-electron chi connectivity index (χ2n) is 2.90. The third kappa shape index (κ3) is 1.54. The van der Waals surface area contributed by atoms with E-state index >= 15 is 0 Å². The van der Waals surface area contributed by atoms with Gasteiger partial charge in [-0.05, 0) is 17.5 Å². The molecule has 12 heavy (non-hydrogen) atoms. The van der Waals surface area contributed by atoms with Crippen LogP contribution in [0.2, 0.25) is 0 Å². The predicted molar refractivity (Wildman–Crippen MR) is 44.7 cm³/mol. The summed E-state index contributed by atoms with van der Waals surface area (Å²) in [5.74, 6) is 0.278. The van der Waals surface area contributed by atoms with E-state index in [2.05, 4.69) is 4.98 Å². The summed E-state index contributed by atoms with van der Waals surface area (Å²) in [4.78, 5) is 3.81. The predicted octanol–water partition coefficient (Wildman–Crippen LogP) is 1.78. The fourth-order valence-corrected chi connectivity index (χ4v) is 0.871. The fraction of sp³-hybridized carbons (Fsp3) is 0.333. The molecule has 1 aromatic heterocycles. The molecule has 1 N–H and O–H groups in total. The Balaban J connectivity index is 3.12. The van der Waals surface area contributed by atoms with Gasteiger partial charge in [-0.25, -0.2) is 4.98 Å². The van der Waals surface area contributed by atoms with Gasteiger partial charge < -0.3 is 5.11 Å². The van der Waals surface area contributed by atoms with Crippen molar-refractivity contribution in [2.75, 3.05) is 0 Å². The molecular weight excluding hydrogens is 152 g/mol. The quantitative estimate of drug-likeness (QED) is 0.684. The molecule has 0 spiro atoms. The van der Waals surface area contributed by atoms with Crippen LogP contribution in [-0.2, 0) is 0 Å². The van der Waals surface area contributed by atoms with Gasteiger partial charge in [0.1, 0.15) is 6.07 Å². The van der Waals surface area contributed by atoms with Gasteiger partial charge in [0.25, 0.3) is 0 Å². The van der Waals surface area contributed by atoms with E-state index in [4.69, 9.17) is 5.26 Å².